The van der Waals surface area contributed by atoms with Crippen molar-refractivity contribution < 1.29 is 37.6 Å². The van der Waals surface area contributed by atoms with Gasteiger partial charge in [-0.2, -0.15) is 0 Å². The minimum absolute atomic E-state index is 0.211. The van der Waals surface area contributed by atoms with E-state index in [9.17, 15) is 0 Å². The SMILES string of the molecule is C#CCOCCCCCOCCO[C@H](COCO[Si](C(C)C)(C(C)C)C(C)C)COC(c1ccccc1)(c1ccc(OC)cc1)c1ccc(OC)cc1. The molecule has 1 atom stereocenters. The molecule has 0 amide bonds. The normalized spacial score (nSPS) is 12.7. The van der Waals surface area contributed by atoms with Gasteiger partial charge < -0.3 is 37.6 Å². The van der Waals surface area contributed by atoms with Crippen LogP contribution < -0.4 is 9.47 Å². The molecule has 0 radical (unpaired) electrons. The quantitative estimate of drug-likeness (QED) is 0.0251. The molecule has 9 heteroatoms. The van der Waals surface area contributed by atoms with E-state index in [-0.39, 0.29) is 13.4 Å². The van der Waals surface area contributed by atoms with Crippen LogP contribution in [0.5, 0.6) is 11.5 Å². The van der Waals surface area contributed by atoms with E-state index in [1.165, 1.54) is 0 Å². The summed E-state index contributed by atoms with van der Waals surface area (Å²) >= 11 is 0. The zero-order valence-corrected chi connectivity index (χ0v) is 34.4. The highest BCUT2D eigenvalue weighted by atomic mass is 28.4. The van der Waals surface area contributed by atoms with Crippen molar-refractivity contribution in [2.24, 2.45) is 0 Å². The molecule has 3 aromatic rings. The molecular formula is C44H64O8Si. The second-order valence-electron chi connectivity index (χ2n) is 14.2. The molecule has 0 bridgehead atoms. The molecule has 0 aliphatic rings. The van der Waals surface area contributed by atoms with Crippen LogP contribution >= 0.6 is 0 Å². The fourth-order valence-corrected chi connectivity index (χ4v) is 12.6. The molecule has 292 valence electrons. The molecule has 0 unspecified atom stereocenters. The Morgan fingerprint density at radius 2 is 1.13 bits per heavy atom. The Balaban J connectivity index is 1.84. The largest absolute Gasteiger partial charge is 0.497 e. The predicted molar refractivity (Wildman–Crippen MR) is 215 cm³/mol. The smallest absolute Gasteiger partial charge is 0.203 e. The topological polar surface area (TPSA) is 73.8 Å². The third-order valence-electron chi connectivity index (χ3n) is 9.91. The molecule has 0 saturated carbocycles. The van der Waals surface area contributed by atoms with Gasteiger partial charge in [-0.3, -0.25) is 0 Å². The minimum Gasteiger partial charge on any atom is -0.497 e. The van der Waals surface area contributed by atoms with Crippen molar-refractivity contribution in [1.82, 2.24) is 0 Å². The van der Waals surface area contributed by atoms with Crippen molar-refractivity contribution in [3.8, 4) is 23.8 Å². The Labute approximate surface area is 320 Å². The van der Waals surface area contributed by atoms with E-state index < -0.39 is 20.0 Å². The van der Waals surface area contributed by atoms with Crippen LogP contribution in [0.3, 0.4) is 0 Å². The number of benzene rings is 3. The number of unbranched alkanes of at least 4 members (excludes halogenated alkanes) is 2. The van der Waals surface area contributed by atoms with Crippen LogP contribution in [0.25, 0.3) is 0 Å². The summed E-state index contributed by atoms with van der Waals surface area (Å²) < 4.78 is 49.0. The third-order valence-corrected chi connectivity index (χ3v) is 15.9. The van der Waals surface area contributed by atoms with Crippen LogP contribution in [0.1, 0.15) is 77.5 Å². The van der Waals surface area contributed by atoms with E-state index >= 15 is 0 Å². The fourth-order valence-electron chi connectivity index (χ4n) is 7.35. The van der Waals surface area contributed by atoms with E-state index in [2.05, 4.69) is 83.9 Å². The van der Waals surface area contributed by atoms with Gasteiger partial charge in [-0.05, 0) is 76.8 Å². The lowest BCUT2D eigenvalue weighted by Gasteiger charge is -2.42. The second kappa shape index (κ2) is 23.6. The van der Waals surface area contributed by atoms with Gasteiger partial charge in [-0.25, -0.2) is 0 Å². The Morgan fingerprint density at radius 1 is 0.604 bits per heavy atom. The second-order valence-corrected chi connectivity index (χ2v) is 19.6. The summed E-state index contributed by atoms with van der Waals surface area (Å²) in [7, 11) is 1.23. The highest BCUT2D eigenvalue weighted by Crippen LogP contribution is 2.43. The number of rotatable bonds is 27. The van der Waals surface area contributed by atoms with Gasteiger partial charge in [0.05, 0.1) is 40.6 Å². The molecule has 3 rings (SSSR count). The summed E-state index contributed by atoms with van der Waals surface area (Å²) in [5.41, 5.74) is 3.26. The Morgan fingerprint density at radius 3 is 1.64 bits per heavy atom. The third kappa shape index (κ3) is 12.7. The summed E-state index contributed by atoms with van der Waals surface area (Å²) in [6, 6.07) is 26.3. The van der Waals surface area contributed by atoms with Crippen LogP contribution in [0.15, 0.2) is 78.9 Å². The summed E-state index contributed by atoms with van der Waals surface area (Å²) in [5.74, 6) is 4.02. The summed E-state index contributed by atoms with van der Waals surface area (Å²) in [5, 5.41) is 0. The molecule has 0 heterocycles. The van der Waals surface area contributed by atoms with E-state index in [1.54, 1.807) is 14.2 Å². The molecule has 0 saturated heterocycles. The maximum absolute atomic E-state index is 7.18. The van der Waals surface area contributed by atoms with Gasteiger partial charge in [0.25, 0.3) is 0 Å². The lowest BCUT2D eigenvalue weighted by Crippen LogP contribution is -2.48. The molecular weight excluding hydrogens is 685 g/mol. The standard InChI is InChI=1S/C44H64O8Si/c1-10-27-47-28-15-12-16-29-48-30-31-50-43(32-49-34-52-53(35(2)3,36(4)5)37(6)7)33-51-44(38-17-13-11-14-18-38,39-19-23-41(45-8)24-20-39)40-21-25-42(46-9)26-22-40/h1,11,13-14,17-26,35-37,43H,12,15-16,27-34H2,2-9H3/t43-/m1/s1. The lowest BCUT2D eigenvalue weighted by molar-refractivity contribution is -0.114. The summed E-state index contributed by atoms with van der Waals surface area (Å²) in [6.45, 7) is 17.0. The minimum atomic E-state index is -2.11. The monoisotopic (exact) mass is 748 g/mol. The molecule has 0 aliphatic carbocycles. The van der Waals surface area contributed by atoms with E-state index in [4.69, 9.17) is 44.0 Å². The van der Waals surface area contributed by atoms with Gasteiger partial charge in [0.15, 0.2) is 0 Å². The van der Waals surface area contributed by atoms with Gasteiger partial charge in [0.2, 0.25) is 8.32 Å². The lowest BCUT2D eigenvalue weighted by atomic mass is 9.80. The van der Waals surface area contributed by atoms with Crippen LogP contribution in [-0.2, 0) is 33.7 Å². The molecule has 0 fully saturated rings. The van der Waals surface area contributed by atoms with Crippen molar-refractivity contribution in [1.29, 1.82) is 0 Å². The predicted octanol–water partition coefficient (Wildman–Crippen LogP) is 9.40. The highest BCUT2D eigenvalue weighted by Gasteiger charge is 2.45. The maximum atomic E-state index is 7.18. The van der Waals surface area contributed by atoms with Crippen LogP contribution in [0.2, 0.25) is 16.6 Å². The molecule has 3 aromatic carbocycles. The molecule has 0 spiro atoms. The van der Waals surface area contributed by atoms with Gasteiger partial charge in [0, 0.05) is 13.2 Å². The van der Waals surface area contributed by atoms with Gasteiger partial charge in [-0.1, -0.05) is 102 Å². The number of methoxy groups -OCH3 is 2. The first-order chi connectivity index (χ1) is 25.6. The maximum Gasteiger partial charge on any atom is 0.203 e. The van der Waals surface area contributed by atoms with Crippen molar-refractivity contribution >= 4 is 8.32 Å². The first-order valence-corrected chi connectivity index (χ1v) is 21.2. The van der Waals surface area contributed by atoms with Crippen molar-refractivity contribution in [2.45, 2.75) is 89.1 Å². The highest BCUT2D eigenvalue weighted by molar-refractivity contribution is 6.77. The number of hydrogen-bond acceptors (Lipinski definition) is 8. The van der Waals surface area contributed by atoms with E-state index in [1.807, 2.05) is 42.5 Å². The average molecular weight is 749 g/mol. The van der Waals surface area contributed by atoms with Gasteiger partial charge in [-0.15, -0.1) is 6.42 Å². The van der Waals surface area contributed by atoms with Crippen molar-refractivity contribution in [3.63, 3.8) is 0 Å². The van der Waals surface area contributed by atoms with Gasteiger partial charge in [0.1, 0.15) is 36.6 Å². The average Bonchev–Trinajstić information content (AvgIpc) is 3.17. The summed E-state index contributed by atoms with van der Waals surface area (Å²) in [6.07, 6.45) is 7.77. The number of hydrogen-bond donors (Lipinski definition) is 0. The van der Waals surface area contributed by atoms with Crippen molar-refractivity contribution in [3.05, 3.63) is 95.6 Å². The number of ether oxygens (including phenoxy) is 7. The molecule has 0 N–H and O–H groups in total. The Kier molecular flexibility index (Phi) is 19.6. The zero-order valence-electron chi connectivity index (χ0n) is 33.4. The molecule has 8 nitrogen and oxygen atoms in total. The van der Waals surface area contributed by atoms with Crippen LogP contribution in [0, 0.1) is 12.3 Å². The molecule has 53 heavy (non-hydrogen) atoms. The first kappa shape index (κ1) is 44.2. The molecule has 0 aromatic heterocycles. The van der Waals surface area contributed by atoms with E-state index in [0.717, 1.165) is 47.5 Å². The molecule has 0 aliphatic heterocycles. The zero-order chi connectivity index (χ0) is 38.5. The van der Waals surface area contributed by atoms with Crippen molar-refractivity contribution in [2.75, 3.05) is 67.3 Å². The first-order valence-electron chi connectivity index (χ1n) is 19.1. The number of terminal acetylenes is 1. The fraction of sp³-hybridized carbons (Fsp3) is 0.545. The van der Waals surface area contributed by atoms with Crippen LogP contribution in [-0.4, -0.2) is 81.7 Å². The Bertz CT molecular complexity index is 1370. The summed E-state index contributed by atoms with van der Waals surface area (Å²) in [4.78, 5) is 0. The Hall–Kier alpha value is -3.20. The van der Waals surface area contributed by atoms with Crippen LogP contribution in [0.4, 0.5) is 0 Å². The van der Waals surface area contributed by atoms with E-state index in [0.29, 0.717) is 56.3 Å². The van der Waals surface area contributed by atoms with Gasteiger partial charge >= 0.3 is 0 Å².